The minimum atomic E-state index is -0.511. The zero-order valence-electron chi connectivity index (χ0n) is 19.1. The second-order valence-corrected chi connectivity index (χ2v) is 9.31. The van der Waals surface area contributed by atoms with E-state index >= 15 is 0 Å². The van der Waals surface area contributed by atoms with E-state index in [1.807, 2.05) is 38.1 Å². The molecule has 2 rings (SSSR count). The van der Waals surface area contributed by atoms with E-state index in [4.69, 9.17) is 4.74 Å². The monoisotopic (exact) mass is 414 g/mol. The Morgan fingerprint density at radius 2 is 2.07 bits per heavy atom. The summed E-state index contributed by atoms with van der Waals surface area (Å²) in [4.78, 5) is 12.5. The molecule has 1 aromatic rings. The smallest absolute Gasteiger partial charge is 0.331 e. The number of ether oxygens (including phenoxy) is 1. The van der Waals surface area contributed by atoms with Gasteiger partial charge >= 0.3 is 5.97 Å². The molecule has 0 aromatic heterocycles. The maximum atomic E-state index is 12.5. The highest BCUT2D eigenvalue weighted by atomic mass is 16.5. The van der Waals surface area contributed by atoms with Crippen LogP contribution < -0.4 is 0 Å². The Labute approximate surface area is 181 Å². The molecule has 0 aliphatic carbocycles. The fourth-order valence-electron chi connectivity index (χ4n) is 4.01. The molecule has 166 valence electrons. The SMILES string of the molecule is CC[C@H](/C=C(/C)C1C[C@@H](C)C[C@H](O)C(C)(C)c2cccc(c2)C/C=C/C(=O)O1)CO. The molecular weight excluding hydrogens is 376 g/mol. The first-order valence-corrected chi connectivity index (χ1v) is 11.1. The fourth-order valence-corrected chi connectivity index (χ4v) is 4.01. The molecule has 2 N–H and O–H groups in total. The van der Waals surface area contributed by atoms with Crippen molar-refractivity contribution in [1.29, 1.82) is 0 Å². The Morgan fingerprint density at radius 3 is 2.73 bits per heavy atom. The van der Waals surface area contributed by atoms with Crippen molar-refractivity contribution in [3.05, 3.63) is 59.2 Å². The molecule has 0 radical (unpaired) electrons. The average molecular weight is 415 g/mol. The Balaban J connectivity index is 2.35. The van der Waals surface area contributed by atoms with Gasteiger partial charge in [0.05, 0.1) is 6.10 Å². The highest BCUT2D eigenvalue weighted by molar-refractivity contribution is 5.82. The van der Waals surface area contributed by atoms with Gasteiger partial charge in [0, 0.05) is 24.0 Å². The van der Waals surface area contributed by atoms with Crippen molar-refractivity contribution >= 4 is 5.97 Å². The van der Waals surface area contributed by atoms with Crippen LogP contribution in [0.5, 0.6) is 0 Å². The van der Waals surface area contributed by atoms with Gasteiger partial charge in [-0.05, 0) is 55.2 Å². The Bertz CT molecular complexity index is 758. The summed E-state index contributed by atoms with van der Waals surface area (Å²) in [6, 6.07) is 8.23. The van der Waals surface area contributed by atoms with Crippen LogP contribution in [0.15, 0.2) is 48.1 Å². The van der Waals surface area contributed by atoms with Crippen molar-refractivity contribution < 1.29 is 19.7 Å². The zero-order valence-corrected chi connectivity index (χ0v) is 19.1. The lowest BCUT2D eigenvalue weighted by Gasteiger charge is -2.34. The quantitative estimate of drug-likeness (QED) is 0.552. The Kier molecular flexibility index (Phi) is 8.87. The third-order valence-electron chi connectivity index (χ3n) is 6.38. The van der Waals surface area contributed by atoms with Crippen molar-refractivity contribution in [1.82, 2.24) is 0 Å². The van der Waals surface area contributed by atoms with Crippen molar-refractivity contribution in [3.8, 4) is 0 Å². The lowest BCUT2D eigenvalue weighted by molar-refractivity contribution is -0.142. The van der Waals surface area contributed by atoms with E-state index < -0.39 is 6.10 Å². The molecule has 2 bridgehead atoms. The number of aliphatic hydroxyl groups is 2. The molecule has 0 saturated carbocycles. The molecule has 4 atom stereocenters. The normalized spacial score (nSPS) is 27.6. The molecule has 1 aromatic carbocycles. The highest BCUT2D eigenvalue weighted by Gasteiger charge is 2.32. The first kappa shape index (κ1) is 24.4. The second-order valence-electron chi connectivity index (χ2n) is 9.31. The predicted molar refractivity (Wildman–Crippen MR) is 121 cm³/mol. The van der Waals surface area contributed by atoms with Gasteiger partial charge in [-0.1, -0.05) is 64.1 Å². The Morgan fingerprint density at radius 1 is 1.33 bits per heavy atom. The standard InChI is InChI=1S/C26H38O4/c1-6-20(17-27)15-19(3)23-13-18(2)14-24(28)26(4,5)22-11-7-9-21(16-22)10-8-12-25(29)30-23/h7-9,11-12,15-16,18,20,23-24,27-28H,6,10,13-14,17H2,1-5H3/b12-8+,19-15-/t18-,20-,23?,24+/m1/s1. The number of benzene rings is 1. The van der Waals surface area contributed by atoms with Gasteiger partial charge in [0.1, 0.15) is 6.10 Å². The molecule has 0 saturated heterocycles. The van der Waals surface area contributed by atoms with E-state index in [-0.39, 0.29) is 35.9 Å². The Hall–Kier alpha value is -1.91. The summed E-state index contributed by atoms with van der Waals surface area (Å²) in [6.45, 7) is 10.3. The van der Waals surface area contributed by atoms with E-state index in [2.05, 4.69) is 32.9 Å². The van der Waals surface area contributed by atoms with Gasteiger partial charge in [0.15, 0.2) is 0 Å². The summed E-state index contributed by atoms with van der Waals surface area (Å²) >= 11 is 0. The number of esters is 1. The van der Waals surface area contributed by atoms with Crippen LogP contribution >= 0.6 is 0 Å². The molecule has 0 fully saturated rings. The highest BCUT2D eigenvalue weighted by Crippen LogP contribution is 2.33. The largest absolute Gasteiger partial charge is 0.455 e. The molecule has 1 aliphatic rings. The number of carbonyl (C=O) groups excluding carboxylic acids is 1. The number of allylic oxidation sites excluding steroid dienone is 1. The van der Waals surface area contributed by atoms with Crippen molar-refractivity contribution in [3.63, 3.8) is 0 Å². The number of hydrogen-bond acceptors (Lipinski definition) is 4. The zero-order chi connectivity index (χ0) is 22.3. The lowest BCUT2D eigenvalue weighted by Crippen LogP contribution is -2.36. The summed E-state index contributed by atoms with van der Waals surface area (Å²) in [5.41, 5.74) is 2.78. The predicted octanol–water partition coefficient (Wildman–Crippen LogP) is 4.73. The number of aliphatic hydroxyl groups excluding tert-OH is 2. The van der Waals surface area contributed by atoms with Crippen LogP contribution in [0, 0.1) is 11.8 Å². The topological polar surface area (TPSA) is 66.8 Å². The van der Waals surface area contributed by atoms with Crippen molar-refractivity contribution in [2.24, 2.45) is 11.8 Å². The number of cyclic esters (lactones) is 1. The number of fused-ring (bicyclic) bond motifs is 2. The molecule has 30 heavy (non-hydrogen) atoms. The molecule has 0 spiro atoms. The number of rotatable bonds is 4. The molecule has 1 heterocycles. The van der Waals surface area contributed by atoms with Gasteiger partial charge in [-0.25, -0.2) is 4.79 Å². The van der Waals surface area contributed by atoms with Crippen LogP contribution in [-0.4, -0.2) is 35.0 Å². The van der Waals surface area contributed by atoms with Crippen LogP contribution in [0.25, 0.3) is 0 Å². The van der Waals surface area contributed by atoms with Crippen molar-refractivity contribution in [2.45, 2.75) is 77.9 Å². The van der Waals surface area contributed by atoms with Crippen LogP contribution in [-0.2, 0) is 21.4 Å². The van der Waals surface area contributed by atoms with E-state index in [9.17, 15) is 15.0 Å². The first-order chi connectivity index (χ1) is 14.2. The van der Waals surface area contributed by atoms with Gasteiger partial charge < -0.3 is 14.9 Å². The van der Waals surface area contributed by atoms with Gasteiger partial charge in [0.25, 0.3) is 0 Å². The van der Waals surface area contributed by atoms with Gasteiger partial charge in [0.2, 0.25) is 0 Å². The number of hydrogen-bond donors (Lipinski definition) is 2. The summed E-state index contributed by atoms with van der Waals surface area (Å²) in [7, 11) is 0. The maximum Gasteiger partial charge on any atom is 0.331 e. The molecule has 1 aliphatic heterocycles. The molecule has 4 nitrogen and oxygen atoms in total. The van der Waals surface area contributed by atoms with E-state index in [1.165, 1.54) is 6.08 Å². The lowest BCUT2D eigenvalue weighted by atomic mass is 9.75. The molecule has 1 unspecified atom stereocenters. The van der Waals surface area contributed by atoms with E-state index in [1.54, 1.807) is 0 Å². The van der Waals surface area contributed by atoms with E-state index in [0.717, 1.165) is 23.1 Å². The summed E-state index contributed by atoms with van der Waals surface area (Å²) < 4.78 is 5.80. The van der Waals surface area contributed by atoms with Gasteiger partial charge in [-0.3, -0.25) is 0 Å². The molecular formula is C26H38O4. The second kappa shape index (κ2) is 10.9. The van der Waals surface area contributed by atoms with Gasteiger partial charge in [-0.2, -0.15) is 0 Å². The first-order valence-electron chi connectivity index (χ1n) is 11.1. The van der Waals surface area contributed by atoms with Crippen LogP contribution in [0.3, 0.4) is 0 Å². The number of carbonyl (C=O) groups is 1. The minimum Gasteiger partial charge on any atom is -0.455 e. The third-order valence-corrected chi connectivity index (χ3v) is 6.38. The molecule has 4 heteroatoms. The summed E-state index contributed by atoms with van der Waals surface area (Å²) in [6.07, 6.45) is 7.19. The van der Waals surface area contributed by atoms with Crippen LogP contribution in [0.4, 0.5) is 0 Å². The van der Waals surface area contributed by atoms with Crippen LogP contribution in [0.2, 0.25) is 0 Å². The molecule has 0 amide bonds. The maximum absolute atomic E-state index is 12.5. The minimum absolute atomic E-state index is 0.0530. The van der Waals surface area contributed by atoms with E-state index in [0.29, 0.717) is 19.3 Å². The summed E-state index contributed by atoms with van der Waals surface area (Å²) in [5.74, 6) is -0.145. The van der Waals surface area contributed by atoms with Crippen molar-refractivity contribution in [2.75, 3.05) is 6.61 Å². The third kappa shape index (κ3) is 6.55. The fraction of sp³-hybridized carbons (Fsp3) is 0.577. The summed E-state index contributed by atoms with van der Waals surface area (Å²) in [5, 5.41) is 20.6. The van der Waals surface area contributed by atoms with Gasteiger partial charge in [-0.15, -0.1) is 0 Å². The van der Waals surface area contributed by atoms with Crippen LogP contribution in [0.1, 0.15) is 65.0 Å². The average Bonchev–Trinajstić information content (AvgIpc) is 2.70.